The van der Waals surface area contributed by atoms with Crippen LogP contribution in [0.25, 0.3) is 0 Å². The van der Waals surface area contributed by atoms with Crippen LogP contribution in [0.3, 0.4) is 0 Å². The van der Waals surface area contributed by atoms with Gasteiger partial charge in [-0.25, -0.2) is 0 Å². The number of unbranched alkanes of at least 4 members (excludes halogenated alkanes) is 1. The van der Waals surface area contributed by atoms with Gasteiger partial charge in [0.1, 0.15) is 5.82 Å². The van der Waals surface area contributed by atoms with Crippen molar-refractivity contribution < 1.29 is 4.79 Å². The molecule has 1 aromatic carbocycles. The Morgan fingerprint density at radius 2 is 1.96 bits per heavy atom. The molecule has 0 spiro atoms. The Morgan fingerprint density at radius 3 is 2.62 bits per heavy atom. The minimum atomic E-state index is -0.199. The third kappa shape index (κ3) is 5.65. The number of carbonyl (C=O) groups is 1. The average Bonchev–Trinajstić information content (AvgIpc) is 2.57. The van der Waals surface area contributed by atoms with Crippen molar-refractivity contribution >= 4 is 34.9 Å². The third-order valence-electron chi connectivity index (χ3n) is 3.43. The van der Waals surface area contributed by atoms with E-state index in [4.69, 9.17) is 23.2 Å². The molecular formula is C17H20Cl2N4O. The van der Waals surface area contributed by atoms with Crippen LogP contribution < -0.4 is 10.6 Å². The van der Waals surface area contributed by atoms with Gasteiger partial charge >= 0.3 is 0 Å². The topological polar surface area (TPSA) is 66.9 Å². The van der Waals surface area contributed by atoms with Crippen molar-refractivity contribution in [3.05, 3.63) is 51.6 Å². The van der Waals surface area contributed by atoms with Crippen LogP contribution in [0, 0.1) is 0 Å². The summed E-state index contributed by atoms with van der Waals surface area (Å²) in [5.74, 6) is 0.417. The minimum Gasteiger partial charge on any atom is -0.368 e. The zero-order valence-corrected chi connectivity index (χ0v) is 15.0. The molecule has 2 aromatic rings. The van der Waals surface area contributed by atoms with Gasteiger partial charge in [0.15, 0.2) is 5.69 Å². The highest BCUT2D eigenvalue weighted by molar-refractivity contribution is 6.35. The smallest absolute Gasteiger partial charge is 0.271 e. The van der Waals surface area contributed by atoms with Crippen LogP contribution in [-0.4, -0.2) is 29.2 Å². The second-order valence-electron chi connectivity index (χ2n) is 5.33. The van der Waals surface area contributed by atoms with Gasteiger partial charge in [0, 0.05) is 23.1 Å². The number of halogens is 2. The summed E-state index contributed by atoms with van der Waals surface area (Å²) in [6, 6.07) is 8.84. The largest absolute Gasteiger partial charge is 0.368 e. The van der Waals surface area contributed by atoms with Crippen LogP contribution in [0.2, 0.25) is 10.0 Å². The minimum absolute atomic E-state index is 0.199. The van der Waals surface area contributed by atoms with Gasteiger partial charge in [-0.3, -0.25) is 4.79 Å². The standard InChI is InChI=1S/C17H20Cl2N4O/c1-2-3-9-21-17(24)15-6-7-16(23-22-15)20-10-8-12-4-5-13(18)11-14(12)19/h4-7,11H,2-3,8-10H2,1H3,(H,20,23)(H,21,24). The maximum Gasteiger partial charge on any atom is 0.271 e. The van der Waals surface area contributed by atoms with Gasteiger partial charge < -0.3 is 10.6 Å². The Bertz CT molecular complexity index is 677. The normalized spacial score (nSPS) is 10.5. The Labute approximate surface area is 151 Å². The first-order valence-electron chi connectivity index (χ1n) is 7.90. The average molecular weight is 367 g/mol. The SMILES string of the molecule is CCCCNC(=O)c1ccc(NCCc2ccc(Cl)cc2Cl)nn1. The van der Waals surface area contributed by atoms with Crippen molar-refractivity contribution in [2.75, 3.05) is 18.4 Å². The fourth-order valence-corrected chi connectivity index (χ4v) is 2.57. The summed E-state index contributed by atoms with van der Waals surface area (Å²) in [4.78, 5) is 11.8. The number of hydrogen-bond donors (Lipinski definition) is 2. The zero-order chi connectivity index (χ0) is 17.4. The molecule has 1 aromatic heterocycles. The van der Waals surface area contributed by atoms with Crippen molar-refractivity contribution in [2.24, 2.45) is 0 Å². The summed E-state index contributed by atoms with van der Waals surface area (Å²) in [6.07, 6.45) is 2.72. The molecule has 1 heterocycles. The molecule has 0 saturated carbocycles. The van der Waals surface area contributed by atoms with E-state index in [0.717, 1.165) is 24.8 Å². The van der Waals surface area contributed by atoms with E-state index in [2.05, 4.69) is 27.8 Å². The number of rotatable bonds is 8. The fourth-order valence-electron chi connectivity index (χ4n) is 2.07. The van der Waals surface area contributed by atoms with Gasteiger partial charge in [-0.1, -0.05) is 42.6 Å². The van der Waals surface area contributed by atoms with E-state index in [1.54, 1.807) is 18.2 Å². The van der Waals surface area contributed by atoms with Crippen molar-refractivity contribution in [1.82, 2.24) is 15.5 Å². The van der Waals surface area contributed by atoms with E-state index in [1.165, 1.54) is 0 Å². The highest BCUT2D eigenvalue weighted by atomic mass is 35.5. The molecule has 24 heavy (non-hydrogen) atoms. The quantitative estimate of drug-likeness (QED) is 0.693. The van der Waals surface area contributed by atoms with E-state index in [1.807, 2.05) is 12.1 Å². The van der Waals surface area contributed by atoms with Crippen LogP contribution in [-0.2, 0) is 6.42 Å². The summed E-state index contributed by atoms with van der Waals surface area (Å²) >= 11 is 12.0. The molecule has 0 unspecified atom stereocenters. The lowest BCUT2D eigenvalue weighted by Crippen LogP contribution is -2.25. The first-order chi connectivity index (χ1) is 11.6. The predicted octanol–water partition coefficient (Wildman–Crippen LogP) is 3.97. The van der Waals surface area contributed by atoms with Crippen LogP contribution in [0.1, 0.15) is 35.8 Å². The molecule has 0 fully saturated rings. The Kier molecular flexibility index (Phi) is 7.28. The number of hydrogen-bond acceptors (Lipinski definition) is 4. The van der Waals surface area contributed by atoms with E-state index in [0.29, 0.717) is 34.6 Å². The molecule has 0 radical (unpaired) electrons. The second kappa shape index (κ2) is 9.45. The summed E-state index contributed by atoms with van der Waals surface area (Å²) in [6.45, 7) is 3.38. The molecule has 2 N–H and O–H groups in total. The first-order valence-corrected chi connectivity index (χ1v) is 8.65. The number of amides is 1. The van der Waals surface area contributed by atoms with Crippen molar-refractivity contribution in [3.8, 4) is 0 Å². The van der Waals surface area contributed by atoms with Crippen molar-refractivity contribution in [1.29, 1.82) is 0 Å². The van der Waals surface area contributed by atoms with Gasteiger partial charge in [0.05, 0.1) is 0 Å². The van der Waals surface area contributed by atoms with Gasteiger partial charge in [0.2, 0.25) is 0 Å². The number of benzene rings is 1. The van der Waals surface area contributed by atoms with Crippen molar-refractivity contribution in [2.45, 2.75) is 26.2 Å². The number of aromatic nitrogens is 2. The lowest BCUT2D eigenvalue weighted by atomic mass is 10.1. The van der Waals surface area contributed by atoms with Gasteiger partial charge in [0.25, 0.3) is 5.91 Å². The lowest BCUT2D eigenvalue weighted by molar-refractivity contribution is 0.0947. The van der Waals surface area contributed by atoms with Crippen molar-refractivity contribution in [3.63, 3.8) is 0 Å². The van der Waals surface area contributed by atoms with Crippen LogP contribution in [0.5, 0.6) is 0 Å². The molecule has 0 bridgehead atoms. The zero-order valence-electron chi connectivity index (χ0n) is 13.5. The number of nitrogens with zero attached hydrogens (tertiary/aromatic N) is 2. The highest BCUT2D eigenvalue weighted by Gasteiger charge is 2.07. The molecule has 0 aliphatic rings. The van der Waals surface area contributed by atoms with Gasteiger partial charge in [-0.05, 0) is 42.7 Å². The number of anilines is 1. The molecule has 2 rings (SSSR count). The third-order valence-corrected chi connectivity index (χ3v) is 4.02. The van der Waals surface area contributed by atoms with E-state index >= 15 is 0 Å². The number of nitrogens with one attached hydrogen (secondary N) is 2. The molecule has 0 aliphatic heterocycles. The summed E-state index contributed by atoms with van der Waals surface area (Å²) in [5.41, 5.74) is 1.32. The molecule has 128 valence electrons. The van der Waals surface area contributed by atoms with E-state index in [9.17, 15) is 4.79 Å². The molecule has 0 saturated heterocycles. The Balaban J connectivity index is 1.82. The summed E-state index contributed by atoms with van der Waals surface area (Å²) < 4.78 is 0. The van der Waals surface area contributed by atoms with Gasteiger partial charge in [-0.2, -0.15) is 0 Å². The summed E-state index contributed by atoms with van der Waals surface area (Å²) in [5, 5.41) is 15.2. The fraction of sp³-hybridized carbons (Fsp3) is 0.353. The second-order valence-corrected chi connectivity index (χ2v) is 6.17. The maximum absolute atomic E-state index is 11.8. The van der Waals surface area contributed by atoms with Gasteiger partial charge in [-0.15, -0.1) is 10.2 Å². The monoisotopic (exact) mass is 366 g/mol. The molecule has 0 atom stereocenters. The molecule has 7 heteroatoms. The molecule has 0 aliphatic carbocycles. The predicted molar refractivity (Wildman–Crippen MR) is 97.9 cm³/mol. The van der Waals surface area contributed by atoms with E-state index in [-0.39, 0.29) is 5.91 Å². The molecule has 5 nitrogen and oxygen atoms in total. The maximum atomic E-state index is 11.8. The number of carbonyl (C=O) groups excluding carboxylic acids is 1. The molecular weight excluding hydrogens is 347 g/mol. The van der Waals surface area contributed by atoms with Crippen LogP contribution in [0.15, 0.2) is 30.3 Å². The van der Waals surface area contributed by atoms with E-state index < -0.39 is 0 Å². The highest BCUT2D eigenvalue weighted by Crippen LogP contribution is 2.21. The Morgan fingerprint density at radius 1 is 1.12 bits per heavy atom. The molecule has 1 amide bonds. The first kappa shape index (κ1) is 18.5. The van der Waals surface area contributed by atoms with Crippen LogP contribution in [0.4, 0.5) is 5.82 Å². The van der Waals surface area contributed by atoms with Crippen LogP contribution >= 0.6 is 23.2 Å². The lowest BCUT2D eigenvalue weighted by Gasteiger charge is -2.08. The Hall–Kier alpha value is -1.85. The summed E-state index contributed by atoms with van der Waals surface area (Å²) in [7, 11) is 0.